The number of esters is 1. The molecule has 31 heavy (non-hydrogen) atoms. The number of anilines is 1. The molecule has 1 atom stereocenters. The molecule has 2 aromatic rings. The number of nitrogens with one attached hydrogen (secondary N) is 1. The summed E-state index contributed by atoms with van der Waals surface area (Å²) in [5, 5.41) is 13.4. The number of ether oxygens (including phenoxy) is 5. The number of carbonyl (C=O) groups excluding carboxylic acids is 2. The lowest BCUT2D eigenvalue weighted by molar-refractivity contribution is -0.384. The Bertz CT molecular complexity index is 991. The maximum absolute atomic E-state index is 12.6. The minimum absolute atomic E-state index is 0.0349. The lowest BCUT2D eigenvalue weighted by Gasteiger charge is -2.17. The fourth-order valence-electron chi connectivity index (χ4n) is 2.60. The highest BCUT2D eigenvalue weighted by atomic mass is 16.6. The first-order chi connectivity index (χ1) is 14.7. The summed E-state index contributed by atoms with van der Waals surface area (Å²) in [6, 6.07) is 6.54. The second-order valence-electron chi connectivity index (χ2n) is 6.09. The van der Waals surface area contributed by atoms with E-state index in [1.807, 2.05) is 0 Å². The van der Waals surface area contributed by atoms with Gasteiger partial charge in [0.05, 0.1) is 45.1 Å². The van der Waals surface area contributed by atoms with Gasteiger partial charge in [-0.3, -0.25) is 14.9 Å². The quantitative estimate of drug-likeness (QED) is 0.359. The molecule has 0 heterocycles. The van der Waals surface area contributed by atoms with Crippen LogP contribution in [0.5, 0.6) is 23.0 Å². The maximum atomic E-state index is 12.6. The van der Waals surface area contributed by atoms with Crippen LogP contribution in [0.25, 0.3) is 0 Å². The van der Waals surface area contributed by atoms with Gasteiger partial charge in [0, 0.05) is 18.2 Å². The summed E-state index contributed by atoms with van der Waals surface area (Å²) in [6.07, 6.45) is -1.20. The number of nitro groups is 1. The summed E-state index contributed by atoms with van der Waals surface area (Å²) in [7, 11) is 5.53. The molecule has 1 amide bonds. The first-order valence-electron chi connectivity index (χ1n) is 8.90. The predicted octanol–water partition coefficient (Wildman–Crippen LogP) is 2.81. The SMILES string of the molecule is COc1cc([N+](=O)[O-])ccc1NC(=O)C(C)OC(=O)c1cc(OC)c(OC)cc1OC. The smallest absolute Gasteiger partial charge is 0.342 e. The molecule has 0 fully saturated rings. The highest BCUT2D eigenvalue weighted by molar-refractivity contribution is 5.99. The zero-order chi connectivity index (χ0) is 23.1. The average Bonchev–Trinajstić information content (AvgIpc) is 2.77. The highest BCUT2D eigenvalue weighted by Crippen LogP contribution is 2.35. The van der Waals surface area contributed by atoms with E-state index in [0.717, 1.165) is 0 Å². The Labute approximate surface area is 178 Å². The van der Waals surface area contributed by atoms with E-state index >= 15 is 0 Å². The molecule has 0 aliphatic heterocycles. The summed E-state index contributed by atoms with van der Waals surface area (Å²) in [6.45, 7) is 1.37. The largest absolute Gasteiger partial charge is 0.496 e. The van der Waals surface area contributed by atoms with Gasteiger partial charge in [-0.05, 0) is 13.0 Å². The van der Waals surface area contributed by atoms with Crippen molar-refractivity contribution in [3.8, 4) is 23.0 Å². The summed E-state index contributed by atoms with van der Waals surface area (Å²) in [5.41, 5.74) is 0.0206. The Balaban J connectivity index is 2.18. The Hall–Kier alpha value is -4.02. The van der Waals surface area contributed by atoms with Gasteiger partial charge < -0.3 is 29.0 Å². The fraction of sp³-hybridized carbons (Fsp3) is 0.300. The van der Waals surface area contributed by atoms with E-state index in [1.165, 1.54) is 65.7 Å². The molecular formula is C20H22N2O9. The van der Waals surface area contributed by atoms with Gasteiger partial charge in [-0.25, -0.2) is 4.79 Å². The van der Waals surface area contributed by atoms with Gasteiger partial charge in [0.25, 0.3) is 11.6 Å². The molecule has 1 unspecified atom stereocenters. The van der Waals surface area contributed by atoms with Crippen molar-refractivity contribution in [1.29, 1.82) is 0 Å². The first-order valence-corrected chi connectivity index (χ1v) is 8.90. The van der Waals surface area contributed by atoms with Gasteiger partial charge in [-0.1, -0.05) is 0 Å². The molecule has 0 aromatic heterocycles. The molecule has 0 saturated carbocycles. The number of hydrogen-bond acceptors (Lipinski definition) is 9. The number of nitro benzene ring substituents is 1. The van der Waals surface area contributed by atoms with E-state index < -0.39 is 22.9 Å². The van der Waals surface area contributed by atoms with E-state index in [4.69, 9.17) is 23.7 Å². The molecule has 2 aromatic carbocycles. The van der Waals surface area contributed by atoms with Crippen LogP contribution in [0.3, 0.4) is 0 Å². The van der Waals surface area contributed by atoms with Gasteiger partial charge in [0.1, 0.15) is 17.1 Å². The lowest BCUT2D eigenvalue weighted by atomic mass is 10.1. The van der Waals surface area contributed by atoms with Crippen molar-refractivity contribution in [1.82, 2.24) is 0 Å². The molecule has 0 aliphatic carbocycles. The van der Waals surface area contributed by atoms with E-state index in [0.29, 0.717) is 5.75 Å². The normalized spacial score (nSPS) is 11.1. The van der Waals surface area contributed by atoms with Crippen LogP contribution in [0.4, 0.5) is 11.4 Å². The second kappa shape index (κ2) is 10.1. The number of hydrogen-bond donors (Lipinski definition) is 1. The third kappa shape index (κ3) is 5.32. The van der Waals surface area contributed by atoms with Crippen LogP contribution in [-0.2, 0) is 9.53 Å². The zero-order valence-electron chi connectivity index (χ0n) is 17.6. The Morgan fingerprint density at radius 1 is 0.903 bits per heavy atom. The monoisotopic (exact) mass is 434 g/mol. The van der Waals surface area contributed by atoms with Crippen molar-refractivity contribution in [2.45, 2.75) is 13.0 Å². The molecule has 0 radical (unpaired) electrons. The first kappa shape index (κ1) is 23.3. The molecule has 0 bridgehead atoms. The van der Waals surface area contributed by atoms with Gasteiger partial charge in [0.15, 0.2) is 17.6 Å². The van der Waals surface area contributed by atoms with Crippen LogP contribution in [0.1, 0.15) is 17.3 Å². The topological polar surface area (TPSA) is 135 Å². The molecule has 0 aliphatic rings. The number of non-ortho nitro benzene ring substituents is 1. The number of methoxy groups -OCH3 is 4. The average molecular weight is 434 g/mol. The van der Waals surface area contributed by atoms with E-state index in [2.05, 4.69) is 5.32 Å². The van der Waals surface area contributed by atoms with Gasteiger partial charge in [-0.2, -0.15) is 0 Å². The Morgan fingerprint density at radius 2 is 1.48 bits per heavy atom. The predicted molar refractivity (Wildman–Crippen MR) is 109 cm³/mol. The van der Waals surface area contributed by atoms with Crippen LogP contribution in [0.2, 0.25) is 0 Å². The minimum Gasteiger partial charge on any atom is -0.496 e. The van der Waals surface area contributed by atoms with Crippen molar-refractivity contribution >= 4 is 23.3 Å². The Kier molecular flexibility index (Phi) is 7.61. The Morgan fingerprint density at radius 3 is 2.03 bits per heavy atom. The standard InChI is InChI=1S/C20H22N2O9/c1-11(19(23)21-14-7-6-12(22(25)26)8-16(14)28-3)31-20(24)13-9-17(29-4)18(30-5)10-15(13)27-2/h6-11H,1-5H3,(H,21,23). The maximum Gasteiger partial charge on any atom is 0.342 e. The summed E-state index contributed by atoms with van der Waals surface area (Å²) in [4.78, 5) is 35.4. The molecule has 11 heteroatoms. The van der Waals surface area contributed by atoms with Crippen LogP contribution in [0, 0.1) is 10.1 Å². The molecule has 0 spiro atoms. The van der Waals surface area contributed by atoms with E-state index in [1.54, 1.807) is 0 Å². The molecule has 1 N–H and O–H groups in total. The molecule has 0 saturated heterocycles. The summed E-state index contributed by atoms with van der Waals surface area (Å²) >= 11 is 0. The van der Waals surface area contributed by atoms with Crippen molar-refractivity contribution in [3.63, 3.8) is 0 Å². The molecule has 11 nitrogen and oxygen atoms in total. The third-order valence-corrected chi connectivity index (χ3v) is 4.23. The van der Waals surface area contributed by atoms with Crippen molar-refractivity contribution in [3.05, 3.63) is 46.0 Å². The molecular weight excluding hydrogens is 412 g/mol. The summed E-state index contributed by atoms with van der Waals surface area (Å²) < 4.78 is 25.9. The summed E-state index contributed by atoms with van der Waals surface area (Å²) in [5.74, 6) is -0.596. The zero-order valence-corrected chi connectivity index (χ0v) is 17.6. The van der Waals surface area contributed by atoms with Crippen LogP contribution >= 0.6 is 0 Å². The number of rotatable bonds is 9. The van der Waals surface area contributed by atoms with Gasteiger partial charge in [0.2, 0.25) is 0 Å². The molecule has 166 valence electrons. The van der Waals surface area contributed by atoms with E-state index in [9.17, 15) is 19.7 Å². The second-order valence-corrected chi connectivity index (χ2v) is 6.09. The fourth-order valence-corrected chi connectivity index (χ4v) is 2.60. The van der Waals surface area contributed by atoms with Crippen LogP contribution in [0.15, 0.2) is 30.3 Å². The van der Waals surface area contributed by atoms with Crippen molar-refractivity contribution < 1.29 is 38.2 Å². The number of nitrogens with zero attached hydrogens (tertiary/aromatic N) is 1. The lowest BCUT2D eigenvalue weighted by Crippen LogP contribution is -2.30. The minimum atomic E-state index is -1.20. The third-order valence-electron chi connectivity index (χ3n) is 4.23. The van der Waals surface area contributed by atoms with Crippen LogP contribution in [-0.4, -0.2) is 51.3 Å². The molecule has 2 rings (SSSR count). The van der Waals surface area contributed by atoms with Crippen molar-refractivity contribution in [2.75, 3.05) is 33.8 Å². The number of carbonyl (C=O) groups is 2. The van der Waals surface area contributed by atoms with Crippen molar-refractivity contribution in [2.24, 2.45) is 0 Å². The number of benzene rings is 2. The van der Waals surface area contributed by atoms with Gasteiger partial charge >= 0.3 is 5.97 Å². The number of amides is 1. The van der Waals surface area contributed by atoms with Gasteiger partial charge in [-0.15, -0.1) is 0 Å². The van der Waals surface area contributed by atoms with Crippen LogP contribution < -0.4 is 24.3 Å². The highest BCUT2D eigenvalue weighted by Gasteiger charge is 2.24. The van der Waals surface area contributed by atoms with E-state index in [-0.39, 0.29) is 34.2 Å².